The molecule has 3 nitrogen and oxygen atoms in total. The number of quaternary nitrogens is 1. The predicted molar refractivity (Wildman–Crippen MR) is 70.2 cm³/mol. The normalized spacial score (nSPS) is 24.2. The van der Waals surface area contributed by atoms with Crippen molar-refractivity contribution in [3.63, 3.8) is 0 Å². The zero-order valence-corrected chi connectivity index (χ0v) is 11.6. The van der Waals surface area contributed by atoms with Crippen LogP contribution in [0.25, 0.3) is 0 Å². The molecule has 1 unspecified atom stereocenters. The summed E-state index contributed by atoms with van der Waals surface area (Å²) in [5.74, 6) is 0. The van der Waals surface area contributed by atoms with Crippen molar-refractivity contribution in [1.82, 2.24) is 10.2 Å². The first-order valence-corrected chi connectivity index (χ1v) is 6.92. The summed E-state index contributed by atoms with van der Waals surface area (Å²) < 4.78 is 1.10. The molecule has 0 aromatic carbocycles. The Bertz CT molecular complexity index is 184. The summed E-state index contributed by atoms with van der Waals surface area (Å²) in [5, 5.41) is 3.66. The Morgan fingerprint density at radius 3 is 2.06 bits per heavy atom. The second-order valence-corrected chi connectivity index (χ2v) is 5.57. The van der Waals surface area contributed by atoms with E-state index in [0.717, 1.165) is 11.0 Å². The first-order chi connectivity index (χ1) is 7.61. The third-order valence-electron chi connectivity index (χ3n) is 3.62. The van der Waals surface area contributed by atoms with Crippen LogP contribution >= 0.6 is 0 Å². The van der Waals surface area contributed by atoms with E-state index in [4.69, 9.17) is 0 Å². The molecule has 1 N–H and O–H groups in total. The zero-order chi connectivity index (χ0) is 12.0. The summed E-state index contributed by atoms with van der Waals surface area (Å²) in [6.45, 7) is 9.46. The number of hydrogen-bond acceptors (Lipinski definition) is 2. The van der Waals surface area contributed by atoms with Gasteiger partial charge in [-0.3, -0.25) is 4.48 Å². The van der Waals surface area contributed by atoms with E-state index in [2.05, 4.69) is 38.2 Å². The molecule has 1 saturated heterocycles. The molecule has 1 aliphatic heterocycles. The molecule has 0 bridgehead atoms. The summed E-state index contributed by atoms with van der Waals surface area (Å²) in [7, 11) is 4.69. The van der Waals surface area contributed by atoms with Crippen LogP contribution in [0.4, 0.5) is 0 Å². The Kier molecular flexibility index (Phi) is 5.73. The minimum Gasteiger partial charge on any atom is -0.299 e. The van der Waals surface area contributed by atoms with E-state index in [1.54, 1.807) is 0 Å². The van der Waals surface area contributed by atoms with Gasteiger partial charge < -0.3 is 0 Å². The molecule has 0 amide bonds. The fraction of sp³-hybridized carbons (Fsp3) is 1.00. The monoisotopic (exact) mass is 228 g/mol. The third kappa shape index (κ3) is 3.72. The molecule has 1 aliphatic rings. The van der Waals surface area contributed by atoms with Gasteiger partial charge in [0.15, 0.2) is 0 Å². The lowest BCUT2D eigenvalue weighted by Gasteiger charge is -2.38. The van der Waals surface area contributed by atoms with Gasteiger partial charge in [-0.1, -0.05) is 26.7 Å². The molecule has 1 atom stereocenters. The lowest BCUT2D eigenvalue weighted by molar-refractivity contribution is -0.915. The topological polar surface area (TPSA) is 15.3 Å². The van der Waals surface area contributed by atoms with E-state index in [1.807, 2.05) is 0 Å². The molecule has 16 heavy (non-hydrogen) atoms. The number of hydrogen-bond donors (Lipinski definition) is 1. The fourth-order valence-electron chi connectivity index (χ4n) is 2.50. The molecular formula is C13H30N3+. The molecule has 1 heterocycles. The first kappa shape index (κ1) is 13.9. The quantitative estimate of drug-likeness (QED) is 0.669. The molecule has 0 aromatic heterocycles. The van der Waals surface area contributed by atoms with Crippen LogP contribution in [0.2, 0.25) is 0 Å². The zero-order valence-electron chi connectivity index (χ0n) is 11.6. The summed E-state index contributed by atoms with van der Waals surface area (Å²) >= 11 is 0. The Morgan fingerprint density at radius 1 is 1.12 bits per heavy atom. The standard InChI is InChI=1S/C13H30N3/c1-5-7-10-15(11-8-6-2)13-14-9-12-16(13,3)4/h13-14H,5-12H2,1-4H3/q+1. The van der Waals surface area contributed by atoms with Crippen molar-refractivity contribution in [2.45, 2.75) is 45.8 Å². The number of rotatable bonds is 7. The number of nitrogens with zero attached hydrogens (tertiary/aromatic N) is 2. The summed E-state index contributed by atoms with van der Waals surface area (Å²) in [5.41, 5.74) is 0. The van der Waals surface area contributed by atoms with E-state index in [9.17, 15) is 0 Å². The second-order valence-electron chi connectivity index (χ2n) is 5.57. The number of likely N-dealkylation sites (N-methyl/N-ethyl adjacent to an activating group) is 1. The average molecular weight is 228 g/mol. The highest BCUT2D eigenvalue weighted by atomic mass is 15.6. The largest absolute Gasteiger partial charge is 0.299 e. The van der Waals surface area contributed by atoms with Crippen LogP contribution in [0.15, 0.2) is 0 Å². The maximum Gasteiger partial charge on any atom is 0.202 e. The highest BCUT2D eigenvalue weighted by Crippen LogP contribution is 2.15. The van der Waals surface area contributed by atoms with Gasteiger partial charge in [0.05, 0.1) is 27.2 Å². The van der Waals surface area contributed by atoms with Gasteiger partial charge in [0.2, 0.25) is 6.29 Å². The van der Waals surface area contributed by atoms with E-state index < -0.39 is 0 Å². The molecule has 1 fully saturated rings. The van der Waals surface area contributed by atoms with Crippen molar-refractivity contribution >= 4 is 0 Å². The van der Waals surface area contributed by atoms with E-state index >= 15 is 0 Å². The van der Waals surface area contributed by atoms with E-state index in [-0.39, 0.29) is 0 Å². The lowest BCUT2D eigenvalue weighted by Crippen LogP contribution is -2.58. The van der Waals surface area contributed by atoms with Gasteiger partial charge in [-0.15, -0.1) is 0 Å². The fourth-order valence-corrected chi connectivity index (χ4v) is 2.50. The molecule has 0 spiro atoms. The average Bonchev–Trinajstić information content (AvgIpc) is 2.59. The van der Waals surface area contributed by atoms with Gasteiger partial charge in [-0.05, 0) is 12.8 Å². The minimum atomic E-state index is 0.540. The van der Waals surface area contributed by atoms with E-state index in [0.29, 0.717) is 6.29 Å². The summed E-state index contributed by atoms with van der Waals surface area (Å²) in [6.07, 6.45) is 5.77. The van der Waals surface area contributed by atoms with Gasteiger partial charge in [-0.2, -0.15) is 0 Å². The lowest BCUT2D eigenvalue weighted by atomic mass is 10.2. The SMILES string of the molecule is CCCCN(CCCC)C1NCC[N+]1(C)C. The van der Waals surface area contributed by atoms with Crippen LogP contribution in [-0.2, 0) is 0 Å². The highest BCUT2D eigenvalue weighted by molar-refractivity contribution is 4.67. The van der Waals surface area contributed by atoms with Crippen molar-refractivity contribution in [2.24, 2.45) is 0 Å². The summed E-state index contributed by atoms with van der Waals surface area (Å²) in [4.78, 5) is 2.65. The maximum absolute atomic E-state index is 3.66. The van der Waals surface area contributed by atoms with Crippen molar-refractivity contribution in [3.05, 3.63) is 0 Å². The molecule has 96 valence electrons. The Labute approximate surface area is 101 Å². The molecule has 0 radical (unpaired) electrons. The Hall–Kier alpha value is -0.120. The van der Waals surface area contributed by atoms with Gasteiger partial charge in [0.25, 0.3) is 0 Å². The van der Waals surface area contributed by atoms with Crippen LogP contribution in [-0.4, -0.2) is 55.9 Å². The predicted octanol–water partition coefficient (Wildman–Crippen LogP) is 1.85. The van der Waals surface area contributed by atoms with Crippen LogP contribution in [0.1, 0.15) is 39.5 Å². The Balaban J connectivity index is 2.52. The van der Waals surface area contributed by atoms with Crippen LogP contribution in [0.5, 0.6) is 0 Å². The third-order valence-corrected chi connectivity index (χ3v) is 3.62. The van der Waals surface area contributed by atoms with Gasteiger partial charge in [0, 0.05) is 13.1 Å². The van der Waals surface area contributed by atoms with Crippen molar-refractivity contribution < 1.29 is 4.48 Å². The minimum absolute atomic E-state index is 0.540. The smallest absolute Gasteiger partial charge is 0.202 e. The molecule has 1 rings (SSSR count). The van der Waals surface area contributed by atoms with E-state index in [1.165, 1.54) is 45.3 Å². The van der Waals surface area contributed by atoms with Crippen molar-refractivity contribution in [3.8, 4) is 0 Å². The van der Waals surface area contributed by atoms with Gasteiger partial charge in [0.1, 0.15) is 0 Å². The molecule has 3 heteroatoms. The van der Waals surface area contributed by atoms with Crippen LogP contribution in [0, 0.1) is 0 Å². The highest BCUT2D eigenvalue weighted by Gasteiger charge is 2.37. The number of nitrogens with one attached hydrogen (secondary N) is 1. The number of unbranched alkanes of at least 4 members (excludes halogenated alkanes) is 2. The molecule has 0 aromatic rings. The molecular weight excluding hydrogens is 198 g/mol. The second kappa shape index (κ2) is 6.58. The Morgan fingerprint density at radius 2 is 1.69 bits per heavy atom. The maximum atomic E-state index is 3.66. The van der Waals surface area contributed by atoms with Crippen molar-refractivity contribution in [1.29, 1.82) is 0 Å². The molecule has 0 aliphatic carbocycles. The van der Waals surface area contributed by atoms with Gasteiger partial charge >= 0.3 is 0 Å². The van der Waals surface area contributed by atoms with Crippen LogP contribution < -0.4 is 5.32 Å². The van der Waals surface area contributed by atoms with Gasteiger partial charge in [-0.25, -0.2) is 10.2 Å². The van der Waals surface area contributed by atoms with Crippen molar-refractivity contribution in [2.75, 3.05) is 40.3 Å². The molecule has 0 saturated carbocycles. The van der Waals surface area contributed by atoms with Crippen LogP contribution in [0.3, 0.4) is 0 Å². The summed E-state index contributed by atoms with van der Waals surface area (Å²) in [6, 6.07) is 0. The first-order valence-electron chi connectivity index (χ1n) is 6.92.